The predicted molar refractivity (Wildman–Crippen MR) is 91.5 cm³/mol. The standard InChI is InChI=1S/C18H23N3O2/c1-3-21(14-15-7-5-4-6-8-15)18(22)17-13-16(9-10-20-17)19-11-12-23-2/h4-10,13H,3,11-12,14H2,1-2H3,(H,19,20). The van der Waals surface area contributed by atoms with Crippen LogP contribution in [0.1, 0.15) is 23.0 Å². The zero-order valence-electron chi connectivity index (χ0n) is 13.7. The molecule has 5 heteroatoms. The average molecular weight is 313 g/mol. The van der Waals surface area contributed by atoms with Crippen LogP contribution in [0.5, 0.6) is 0 Å². The van der Waals surface area contributed by atoms with Crippen molar-refractivity contribution in [3.63, 3.8) is 0 Å². The van der Waals surface area contributed by atoms with Crippen LogP contribution in [0.3, 0.4) is 0 Å². The molecular weight excluding hydrogens is 290 g/mol. The largest absolute Gasteiger partial charge is 0.383 e. The molecule has 23 heavy (non-hydrogen) atoms. The molecule has 0 saturated carbocycles. The van der Waals surface area contributed by atoms with Crippen LogP contribution < -0.4 is 5.32 Å². The number of pyridine rings is 1. The van der Waals surface area contributed by atoms with Gasteiger partial charge in [0.25, 0.3) is 5.91 Å². The zero-order chi connectivity index (χ0) is 16.5. The Bertz CT molecular complexity index is 617. The van der Waals surface area contributed by atoms with Crippen molar-refractivity contribution in [3.8, 4) is 0 Å². The van der Waals surface area contributed by atoms with Gasteiger partial charge >= 0.3 is 0 Å². The summed E-state index contributed by atoms with van der Waals surface area (Å²) < 4.78 is 5.01. The molecule has 0 aliphatic heterocycles. The summed E-state index contributed by atoms with van der Waals surface area (Å²) in [5.74, 6) is -0.0632. The van der Waals surface area contributed by atoms with E-state index in [1.807, 2.05) is 43.3 Å². The van der Waals surface area contributed by atoms with E-state index in [2.05, 4.69) is 10.3 Å². The molecule has 1 heterocycles. The minimum Gasteiger partial charge on any atom is -0.383 e. The number of methoxy groups -OCH3 is 1. The highest BCUT2D eigenvalue weighted by molar-refractivity contribution is 5.93. The Hall–Kier alpha value is -2.40. The van der Waals surface area contributed by atoms with Gasteiger partial charge in [0.15, 0.2) is 0 Å². The highest BCUT2D eigenvalue weighted by Gasteiger charge is 2.16. The number of carbonyl (C=O) groups excluding carboxylic acids is 1. The monoisotopic (exact) mass is 313 g/mol. The molecule has 0 atom stereocenters. The van der Waals surface area contributed by atoms with Crippen molar-refractivity contribution in [1.82, 2.24) is 9.88 Å². The smallest absolute Gasteiger partial charge is 0.272 e. The van der Waals surface area contributed by atoms with Gasteiger partial charge in [0.05, 0.1) is 6.61 Å². The van der Waals surface area contributed by atoms with Crippen LogP contribution in [-0.4, -0.2) is 42.6 Å². The Labute approximate surface area is 137 Å². The third-order valence-electron chi connectivity index (χ3n) is 3.50. The number of hydrogen-bond donors (Lipinski definition) is 1. The summed E-state index contributed by atoms with van der Waals surface area (Å²) in [6, 6.07) is 13.6. The number of aromatic nitrogens is 1. The van der Waals surface area contributed by atoms with Gasteiger partial charge in [-0.05, 0) is 24.6 Å². The summed E-state index contributed by atoms with van der Waals surface area (Å²) in [5, 5.41) is 3.21. The van der Waals surface area contributed by atoms with Crippen molar-refractivity contribution in [2.45, 2.75) is 13.5 Å². The summed E-state index contributed by atoms with van der Waals surface area (Å²) in [6.45, 7) is 4.49. The van der Waals surface area contributed by atoms with Gasteiger partial charge < -0.3 is 15.0 Å². The molecule has 2 aromatic rings. The number of hydrogen-bond acceptors (Lipinski definition) is 4. The Kier molecular flexibility index (Phi) is 6.56. The molecule has 0 spiro atoms. The van der Waals surface area contributed by atoms with Gasteiger partial charge in [0.2, 0.25) is 0 Å². The Balaban J connectivity index is 2.06. The topological polar surface area (TPSA) is 54.5 Å². The normalized spacial score (nSPS) is 10.3. The first-order valence-electron chi connectivity index (χ1n) is 7.76. The van der Waals surface area contributed by atoms with Gasteiger partial charge in [-0.15, -0.1) is 0 Å². The summed E-state index contributed by atoms with van der Waals surface area (Å²) in [6.07, 6.45) is 1.65. The SMILES string of the molecule is CCN(Cc1ccccc1)C(=O)c1cc(NCCOC)ccn1. The summed E-state index contributed by atoms with van der Waals surface area (Å²) in [4.78, 5) is 18.7. The van der Waals surface area contributed by atoms with Crippen LogP contribution >= 0.6 is 0 Å². The van der Waals surface area contributed by atoms with E-state index in [-0.39, 0.29) is 5.91 Å². The van der Waals surface area contributed by atoms with Crippen LogP contribution in [0.2, 0.25) is 0 Å². The van der Waals surface area contributed by atoms with Crippen molar-refractivity contribution < 1.29 is 9.53 Å². The van der Waals surface area contributed by atoms with E-state index in [0.29, 0.717) is 31.9 Å². The number of rotatable bonds is 8. The van der Waals surface area contributed by atoms with Gasteiger partial charge in [-0.25, -0.2) is 0 Å². The molecule has 1 amide bonds. The van der Waals surface area contributed by atoms with Crippen molar-refractivity contribution in [2.24, 2.45) is 0 Å². The molecule has 1 N–H and O–H groups in total. The maximum absolute atomic E-state index is 12.7. The maximum atomic E-state index is 12.7. The summed E-state index contributed by atoms with van der Waals surface area (Å²) >= 11 is 0. The molecule has 0 fully saturated rings. The van der Waals surface area contributed by atoms with E-state index in [1.54, 1.807) is 24.3 Å². The van der Waals surface area contributed by atoms with Crippen molar-refractivity contribution in [1.29, 1.82) is 0 Å². The van der Waals surface area contributed by atoms with Crippen molar-refractivity contribution in [3.05, 3.63) is 59.9 Å². The van der Waals surface area contributed by atoms with E-state index in [0.717, 1.165) is 11.3 Å². The molecular formula is C18H23N3O2. The highest BCUT2D eigenvalue weighted by Crippen LogP contribution is 2.12. The molecule has 5 nitrogen and oxygen atoms in total. The third-order valence-corrected chi connectivity index (χ3v) is 3.50. The molecule has 0 unspecified atom stereocenters. The van der Waals surface area contributed by atoms with Gasteiger partial charge in [-0.3, -0.25) is 9.78 Å². The molecule has 0 radical (unpaired) electrons. The molecule has 0 bridgehead atoms. The fourth-order valence-corrected chi connectivity index (χ4v) is 2.25. The van der Waals surface area contributed by atoms with Crippen LogP contribution in [-0.2, 0) is 11.3 Å². The molecule has 2 rings (SSSR count). The fraction of sp³-hybridized carbons (Fsp3) is 0.333. The van der Waals surface area contributed by atoms with Crippen LogP contribution in [0, 0.1) is 0 Å². The summed E-state index contributed by atoms with van der Waals surface area (Å²) in [5.41, 5.74) is 2.43. The minimum absolute atomic E-state index is 0.0632. The number of carbonyl (C=O) groups is 1. The average Bonchev–Trinajstić information content (AvgIpc) is 2.60. The van der Waals surface area contributed by atoms with Gasteiger partial charge in [0, 0.05) is 38.6 Å². The second kappa shape index (κ2) is 8.90. The lowest BCUT2D eigenvalue weighted by molar-refractivity contribution is 0.0746. The lowest BCUT2D eigenvalue weighted by Gasteiger charge is -2.21. The van der Waals surface area contributed by atoms with Gasteiger partial charge in [-0.2, -0.15) is 0 Å². The first-order valence-corrected chi connectivity index (χ1v) is 7.76. The number of benzene rings is 1. The summed E-state index contributed by atoms with van der Waals surface area (Å²) in [7, 11) is 1.66. The maximum Gasteiger partial charge on any atom is 0.272 e. The Morgan fingerprint density at radius 2 is 2.04 bits per heavy atom. The molecule has 122 valence electrons. The first kappa shape index (κ1) is 17.0. The van der Waals surface area contributed by atoms with E-state index >= 15 is 0 Å². The molecule has 0 aliphatic carbocycles. The molecule has 1 aromatic carbocycles. The molecule has 0 aliphatic rings. The second-order valence-electron chi connectivity index (χ2n) is 5.15. The number of ether oxygens (including phenoxy) is 1. The van der Waals surface area contributed by atoms with Gasteiger partial charge in [0.1, 0.15) is 5.69 Å². The zero-order valence-corrected chi connectivity index (χ0v) is 13.7. The first-order chi connectivity index (χ1) is 11.2. The van der Waals surface area contributed by atoms with E-state index in [1.165, 1.54) is 0 Å². The van der Waals surface area contributed by atoms with Crippen molar-refractivity contribution >= 4 is 11.6 Å². The number of amides is 1. The Morgan fingerprint density at radius 1 is 1.26 bits per heavy atom. The predicted octanol–water partition coefficient (Wildman–Crippen LogP) is 2.80. The van der Waals surface area contributed by atoms with E-state index in [9.17, 15) is 4.79 Å². The Morgan fingerprint density at radius 3 is 2.74 bits per heavy atom. The fourth-order valence-electron chi connectivity index (χ4n) is 2.25. The molecule has 0 saturated heterocycles. The van der Waals surface area contributed by atoms with Crippen LogP contribution in [0.25, 0.3) is 0 Å². The van der Waals surface area contributed by atoms with Gasteiger partial charge in [-0.1, -0.05) is 30.3 Å². The number of nitrogens with one attached hydrogen (secondary N) is 1. The minimum atomic E-state index is -0.0632. The van der Waals surface area contributed by atoms with E-state index < -0.39 is 0 Å². The van der Waals surface area contributed by atoms with Crippen LogP contribution in [0.15, 0.2) is 48.7 Å². The van der Waals surface area contributed by atoms with Crippen LogP contribution in [0.4, 0.5) is 5.69 Å². The van der Waals surface area contributed by atoms with Crippen molar-refractivity contribution in [2.75, 3.05) is 32.1 Å². The number of anilines is 1. The highest BCUT2D eigenvalue weighted by atomic mass is 16.5. The second-order valence-corrected chi connectivity index (χ2v) is 5.15. The lowest BCUT2D eigenvalue weighted by Crippen LogP contribution is -2.31. The quantitative estimate of drug-likeness (QED) is 0.761. The third kappa shape index (κ3) is 5.07. The number of nitrogens with zero attached hydrogens (tertiary/aromatic N) is 2. The lowest BCUT2D eigenvalue weighted by atomic mass is 10.2. The van der Waals surface area contributed by atoms with E-state index in [4.69, 9.17) is 4.74 Å². The molecule has 1 aromatic heterocycles.